The number of rotatable bonds is 9. The molecule has 0 saturated carbocycles. The van der Waals surface area contributed by atoms with Gasteiger partial charge in [0, 0.05) is 24.7 Å². The van der Waals surface area contributed by atoms with Crippen LogP contribution in [0.3, 0.4) is 0 Å². The van der Waals surface area contributed by atoms with E-state index in [1.165, 1.54) is 0 Å². The molecule has 0 spiro atoms. The number of nitrogens with one attached hydrogen (secondary N) is 3. The minimum atomic E-state index is -3.30. The van der Waals surface area contributed by atoms with E-state index in [4.69, 9.17) is 0 Å². The normalized spacial score (nSPS) is 11.8. The van der Waals surface area contributed by atoms with Crippen LogP contribution in [0.2, 0.25) is 0 Å². The standard InChI is InChI=1S/C21H26N4O2S/c1-16(2)25-28(26,27)15-18-10-8-17(9-11-18)12-22-13-20-14-23-24-21(20)19-6-4-3-5-7-19/h3-11,14,16,22,25H,12-13,15H2,1-2H3,(H,23,24). The summed E-state index contributed by atoms with van der Waals surface area (Å²) in [4.78, 5) is 0. The molecule has 0 atom stereocenters. The fraction of sp³-hybridized carbons (Fsp3) is 0.286. The molecule has 0 bridgehead atoms. The molecule has 0 aliphatic rings. The van der Waals surface area contributed by atoms with Crippen LogP contribution in [-0.4, -0.2) is 24.7 Å². The van der Waals surface area contributed by atoms with Gasteiger partial charge < -0.3 is 5.32 Å². The monoisotopic (exact) mass is 398 g/mol. The summed E-state index contributed by atoms with van der Waals surface area (Å²) in [7, 11) is -3.30. The molecule has 0 aliphatic carbocycles. The molecular weight excluding hydrogens is 372 g/mol. The van der Waals surface area contributed by atoms with Crippen LogP contribution >= 0.6 is 0 Å². The van der Waals surface area contributed by atoms with E-state index in [1.807, 2.05) is 62.5 Å². The molecule has 7 heteroatoms. The van der Waals surface area contributed by atoms with E-state index in [9.17, 15) is 8.42 Å². The van der Waals surface area contributed by atoms with Crippen molar-refractivity contribution in [3.63, 3.8) is 0 Å². The zero-order chi connectivity index (χ0) is 20.0. The van der Waals surface area contributed by atoms with Crippen molar-refractivity contribution >= 4 is 10.0 Å². The van der Waals surface area contributed by atoms with Gasteiger partial charge in [-0.1, -0.05) is 54.6 Å². The van der Waals surface area contributed by atoms with Crippen molar-refractivity contribution in [1.29, 1.82) is 0 Å². The summed E-state index contributed by atoms with van der Waals surface area (Å²) in [5.74, 6) is -0.00561. The molecule has 3 aromatic rings. The van der Waals surface area contributed by atoms with E-state index in [-0.39, 0.29) is 11.8 Å². The maximum atomic E-state index is 12.0. The molecule has 0 aliphatic heterocycles. The molecule has 0 saturated heterocycles. The number of hydrogen-bond acceptors (Lipinski definition) is 4. The van der Waals surface area contributed by atoms with Crippen LogP contribution in [-0.2, 0) is 28.9 Å². The van der Waals surface area contributed by atoms with Crippen LogP contribution < -0.4 is 10.0 Å². The lowest BCUT2D eigenvalue weighted by Crippen LogP contribution is -2.31. The van der Waals surface area contributed by atoms with E-state index in [0.29, 0.717) is 13.1 Å². The number of aromatic amines is 1. The first kappa shape index (κ1) is 20.3. The van der Waals surface area contributed by atoms with Crippen molar-refractivity contribution in [2.45, 2.75) is 38.7 Å². The Morgan fingerprint density at radius 3 is 2.32 bits per heavy atom. The molecule has 3 rings (SSSR count). The van der Waals surface area contributed by atoms with Crippen LogP contribution in [0.5, 0.6) is 0 Å². The van der Waals surface area contributed by atoms with Gasteiger partial charge in [0.1, 0.15) is 0 Å². The third-order valence-corrected chi connectivity index (χ3v) is 5.76. The van der Waals surface area contributed by atoms with Crippen molar-refractivity contribution in [2.75, 3.05) is 0 Å². The van der Waals surface area contributed by atoms with Gasteiger partial charge in [-0.25, -0.2) is 13.1 Å². The van der Waals surface area contributed by atoms with Crippen molar-refractivity contribution in [2.24, 2.45) is 0 Å². The molecule has 0 unspecified atom stereocenters. The molecule has 1 heterocycles. The molecule has 1 aromatic heterocycles. The summed E-state index contributed by atoms with van der Waals surface area (Å²) in [5.41, 5.74) is 5.11. The summed E-state index contributed by atoms with van der Waals surface area (Å²) in [6, 6.07) is 17.7. The second-order valence-electron chi connectivity index (χ2n) is 7.09. The van der Waals surface area contributed by atoms with Gasteiger partial charge in [-0.3, -0.25) is 5.10 Å². The molecule has 0 radical (unpaired) electrons. The maximum Gasteiger partial charge on any atom is 0.216 e. The average molecular weight is 399 g/mol. The Morgan fingerprint density at radius 2 is 1.64 bits per heavy atom. The first-order valence-corrected chi connectivity index (χ1v) is 10.9. The van der Waals surface area contributed by atoms with Gasteiger partial charge in [0.05, 0.1) is 17.6 Å². The molecule has 0 fully saturated rings. The van der Waals surface area contributed by atoms with Gasteiger partial charge in [0.15, 0.2) is 0 Å². The van der Waals surface area contributed by atoms with Crippen LogP contribution in [0.25, 0.3) is 11.3 Å². The van der Waals surface area contributed by atoms with E-state index in [0.717, 1.165) is 27.9 Å². The fourth-order valence-corrected chi connectivity index (χ4v) is 4.45. The number of benzene rings is 2. The van der Waals surface area contributed by atoms with Crippen molar-refractivity contribution in [3.8, 4) is 11.3 Å². The minimum Gasteiger partial charge on any atom is -0.308 e. The highest BCUT2D eigenvalue weighted by atomic mass is 32.2. The molecular formula is C21H26N4O2S. The lowest BCUT2D eigenvalue weighted by atomic mass is 10.1. The van der Waals surface area contributed by atoms with E-state index in [1.54, 1.807) is 0 Å². The highest BCUT2D eigenvalue weighted by Crippen LogP contribution is 2.20. The van der Waals surface area contributed by atoms with E-state index in [2.05, 4.69) is 32.4 Å². The summed E-state index contributed by atoms with van der Waals surface area (Å²) < 4.78 is 26.6. The van der Waals surface area contributed by atoms with E-state index < -0.39 is 10.0 Å². The summed E-state index contributed by atoms with van der Waals surface area (Å²) >= 11 is 0. The molecule has 148 valence electrons. The first-order valence-electron chi connectivity index (χ1n) is 9.29. The predicted molar refractivity (Wildman–Crippen MR) is 112 cm³/mol. The van der Waals surface area contributed by atoms with Crippen molar-refractivity contribution in [3.05, 3.63) is 77.5 Å². The second-order valence-corrected chi connectivity index (χ2v) is 8.84. The zero-order valence-electron chi connectivity index (χ0n) is 16.1. The highest BCUT2D eigenvalue weighted by Gasteiger charge is 2.13. The fourth-order valence-electron chi connectivity index (χ4n) is 3.01. The van der Waals surface area contributed by atoms with Crippen molar-refractivity contribution in [1.82, 2.24) is 20.2 Å². The quantitative estimate of drug-likeness (QED) is 0.517. The number of H-pyrrole nitrogens is 1. The lowest BCUT2D eigenvalue weighted by molar-refractivity contribution is 0.569. The maximum absolute atomic E-state index is 12.0. The van der Waals surface area contributed by atoms with Crippen molar-refractivity contribution < 1.29 is 8.42 Å². The third-order valence-electron chi connectivity index (χ3n) is 4.22. The number of sulfonamides is 1. The van der Waals surface area contributed by atoms with Crippen LogP contribution in [0, 0.1) is 0 Å². The highest BCUT2D eigenvalue weighted by molar-refractivity contribution is 7.88. The van der Waals surface area contributed by atoms with E-state index >= 15 is 0 Å². The smallest absolute Gasteiger partial charge is 0.216 e. The number of hydrogen-bond donors (Lipinski definition) is 3. The average Bonchev–Trinajstić information content (AvgIpc) is 3.11. The second kappa shape index (κ2) is 9.14. The Balaban J connectivity index is 1.55. The Bertz CT molecular complexity index is 981. The van der Waals surface area contributed by atoms with Gasteiger partial charge in [-0.15, -0.1) is 0 Å². The summed E-state index contributed by atoms with van der Waals surface area (Å²) in [5, 5.41) is 10.6. The van der Waals surface area contributed by atoms with Gasteiger partial charge in [-0.05, 0) is 30.5 Å². The Morgan fingerprint density at radius 1 is 0.964 bits per heavy atom. The Hall–Kier alpha value is -2.48. The molecule has 3 N–H and O–H groups in total. The third kappa shape index (κ3) is 5.76. The predicted octanol–water partition coefficient (Wildman–Crippen LogP) is 3.19. The minimum absolute atomic E-state index is 0.00561. The zero-order valence-corrected chi connectivity index (χ0v) is 17.0. The summed E-state index contributed by atoms with van der Waals surface area (Å²) in [6.45, 7) is 5.01. The van der Waals surface area contributed by atoms with Crippen LogP contribution in [0.15, 0.2) is 60.8 Å². The lowest BCUT2D eigenvalue weighted by Gasteiger charge is -2.10. The molecule has 6 nitrogen and oxygen atoms in total. The van der Waals surface area contributed by atoms with Gasteiger partial charge in [0.25, 0.3) is 0 Å². The van der Waals surface area contributed by atoms with Gasteiger partial charge in [0.2, 0.25) is 10.0 Å². The molecule has 0 amide bonds. The SMILES string of the molecule is CC(C)NS(=O)(=O)Cc1ccc(CNCc2cn[nH]c2-c2ccccc2)cc1. The largest absolute Gasteiger partial charge is 0.308 e. The summed E-state index contributed by atoms with van der Waals surface area (Å²) in [6.07, 6.45) is 1.84. The topological polar surface area (TPSA) is 86.9 Å². The van der Waals surface area contributed by atoms with Crippen LogP contribution in [0.1, 0.15) is 30.5 Å². The van der Waals surface area contributed by atoms with Gasteiger partial charge in [-0.2, -0.15) is 5.10 Å². The van der Waals surface area contributed by atoms with Gasteiger partial charge >= 0.3 is 0 Å². The van der Waals surface area contributed by atoms with Crippen LogP contribution in [0.4, 0.5) is 0 Å². The molecule has 2 aromatic carbocycles. The Kier molecular flexibility index (Phi) is 6.61. The first-order chi connectivity index (χ1) is 13.4. The number of nitrogens with zero attached hydrogens (tertiary/aromatic N) is 1. The number of aromatic nitrogens is 2. The molecule has 28 heavy (non-hydrogen) atoms. The Labute approximate surface area is 166 Å².